The van der Waals surface area contributed by atoms with Gasteiger partial charge in [0.2, 0.25) is 5.91 Å². The van der Waals surface area contributed by atoms with Gasteiger partial charge >= 0.3 is 7.12 Å². The quantitative estimate of drug-likeness (QED) is 0.317. The summed E-state index contributed by atoms with van der Waals surface area (Å²) in [6.07, 6.45) is 3.24. The molecule has 0 aliphatic carbocycles. The number of carbonyl (C=O) groups excluding carboxylic acids is 1. The van der Waals surface area contributed by atoms with Gasteiger partial charge in [-0.3, -0.25) is 9.78 Å². The standard InChI is InChI=1S/C27H30BN3O5/c1-35-24-11-6-15-30-27(24)22(19-29)13-12-21-9-5-10-23(17-21)36-16-14-26(32)31-25(28(33)34)18-20-7-3-2-4-8-20/h2-11,15,17,22,25,33-34H,12-14,16,18H2,1H3,(H,31,32)/t22?,25-/m0/s1. The predicted octanol–water partition coefficient (Wildman–Crippen LogP) is 2.84. The van der Waals surface area contributed by atoms with Gasteiger partial charge in [-0.25, -0.2) is 0 Å². The molecule has 0 aliphatic heterocycles. The number of ether oxygens (including phenoxy) is 2. The Hall–Kier alpha value is -3.87. The second kappa shape index (κ2) is 13.9. The van der Waals surface area contributed by atoms with E-state index in [1.54, 1.807) is 31.5 Å². The van der Waals surface area contributed by atoms with Gasteiger partial charge in [0.05, 0.1) is 43.8 Å². The molecule has 9 heteroatoms. The zero-order chi connectivity index (χ0) is 25.8. The normalized spacial score (nSPS) is 12.2. The van der Waals surface area contributed by atoms with Gasteiger partial charge in [0.25, 0.3) is 0 Å². The van der Waals surface area contributed by atoms with Gasteiger partial charge in [-0.1, -0.05) is 42.5 Å². The Morgan fingerprint density at radius 2 is 1.89 bits per heavy atom. The largest absolute Gasteiger partial charge is 0.495 e. The summed E-state index contributed by atoms with van der Waals surface area (Å²) < 4.78 is 11.1. The SMILES string of the molecule is COc1cccnc1C(C#N)CCc1cccc(OCCC(=O)N[C@@H](Cc2ccccc2)B(O)O)c1. The fourth-order valence-corrected chi connectivity index (χ4v) is 3.84. The van der Waals surface area contributed by atoms with E-state index in [0.717, 1.165) is 11.1 Å². The second-order valence-corrected chi connectivity index (χ2v) is 8.33. The maximum atomic E-state index is 12.3. The fraction of sp³-hybridized carbons (Fsp3) is 0.296. The lowest BCUT2D eigenvalue weighted by atomic mass is 9.76. The zero-order valence-corrected chi connectivity index (χ0v) is 20.2. The topological polar surface area (TPSA) is 125 Å². The van der Waals surface area contributed by atoms with E-state index in [9.17, 15) is 20.1 Å². The molecule has 2 atom stereocenters. The van der Waals surface area contributed by atoms with Crippen molar-refractivity contribution in [2.45, 2.75) is 37.5 Å². The Morgan fingerprint density at radius 1 is 1.11 bits per heavy atom. The van der Waals surface area contributed by atoms with Gasteiger partial charge in [-0.05, 0) is 54.7 Å². The fourth-order valence-electron chi connectivity index (χ4n) is 3.84. The molecule has 3 N–H and O–H groups in total. The summed E-state index contributed by atoms with van der Waals surface area (Å²) >= 11 is 0. The van der Waals surface area contributed by atoms with Crippen molar-refractivity contribution in [3.05, 3.63) is 89.7 Å². The van der Waals surface area contributed by atoms with Gasteiger partial charge in [-0.2, -0.15) is 5.26 Å². The Kier molecular flexibility index (Phi) is 10.3. The number of aryl methyl sites for hydroxylation is 1. The number of nitriles is 1. The summed E-state index contributed by atoms with van der Waals surface area (Å²) in [5, 5.41) is 31.6. The molecule has 0 aliphatic rings. The third-order valence-electron chi connectivity index (χ3n) is 5.73. The highest BCUT2D eigenvalue weighted by Gasteiger charge is 2.25. The molecule has 0 saturated carbocycles. The number of rotatable bonds is 13. The Morgan fingerprint density at radius 3 is 2.61 bits per heavy atom. The molecule has 1 unspecified atom stereocenters. The van der Waals surface area contributed by atoms with Gasteiger partial charge in [-0.15, -0.1) is 0 Å². The van der Waals surface area contributed by atoms with Crippen LogP contribution in [-0.4, -0.2) is 47.7 Å². The lowest BCUT2D eigenvalue weighted by Gasteiger charge is -2.18. The minimum Gasteiger partial charge on any atom is -0.495 e. The first-order valence-electron chi connectivity index (χ1n) is 11.8. The van der Waals surface area contributed by atoms with Crippen LogP contribution in [0.2, 0.25) is 0 Å². The van der Waals surface area contributed by atoms with E-state index in [0.29, 0.717) is 36.5 Å². The van der Waals surface area contributed by atoms with E-state index >= 15 is 0 Å². The zero-order valence-electron chi connectivity index (χ0n) is 20.2. The van der Waals surface area contributed by atoms with Crippen LogP contribution < -0.4 is 14.8 Å². The van der Waals surface area contributed by atoms with Crippen molar-refractivity contribution >= 4 is 13.0 Å². The van der Waals surface area contributed by atoms with Crippen LogP contribution in [0.1, 0.15) is 35.6 Å². The smallest absolute Gasteiger partial charge is 0.475 e. The Balaban J connectivity index is 1.48. The van der Waals surface area contributed by atoms with Crippen molar-refractivity contribution in [3.8, 4) is 17.6 Å². The van der Waals surface area contributed by atoms with Gasteiger partial charge < -0.3 is 24.8 Å². The van der Waals surface area contributed by atoms with Crippen molar-refractivity contribution in [1.82, 2.24) is 10.3 Å². The first kappa shape index (κ1) is 26.7. The van der Waals surface area contributed by atoms with Gasteiger partial charge in [0.1, 0.15) is 11.5 Å². The van der Waals surface area contributed by atoms with Crippen LogP contribution in [0.15, 0.2) is 72.9 Å². The minimum atomic E-state index is -1.67. The lowest BCUT2D eigenvalue weighted by molar-refractivity contribution is -0.122. The minimum absolute atomic E-state index is 0.0677. The molecule has 0 fully saturated rings. The number of hydrogen-bond acceptors (Lipinski definition) is 7. The number of benzene rings is 2. The molecule has 3 rings (SSSR count). The number of carbonyl (C=O) groups is 1. The summed E-state index contributed by atoms with van der Waals surface area (Å²) in [6, 6.07) is 22.7. The first-order chi connectivity index (χ1) is 17.5. The highest BCUT2D eigenvalue weighted by Crippen LogP contribution is 2.28. The van der Waals surface area contributed by atoms with Crippen LogP contribution >= 0.6 is 0 Å². The van der Waals surface area contributed by atoms with Crippen molar-refractivity contribution in [2.75, 3.05) is 13.7 Å². The van der Waals surface area contributed by atoms with E-state index in [2.05, 4.69) is 16.4 Å². The molecular formula is C27H30BN3O5. The molecule has 36 heavy (non-hydrogen) atoms. The van der Waals surface area contributed by atoms with E-state index in [-0.39, 0.29) is 18.9 Å². The highest BCUT2D eigenvalue weighted by atomic mass is 16.5. The third-order valence-corrected chi connectivity index (χ3v) is 5.73. The molecule has 8 nitrogen and oxygen atoms in total. The number of hydrogen-bond donors (Lipinski definition) is 3. The van der Waals surface area contributed by atoms with E-state index in [1.807, 2.05) is 48.5 Å². The van der Waals surface area contributed by atoms with Crippen molar-refractivity contribution in [3.63, 3.8) is 0 Å². The molecule has 0 spiro atoms. The van der Waals surface area contributed by atoms with E-state index < -0.39 is 19.0 Å². The molecule has 1 amide bonds. The van der Waals surface area contributed by atoms with Gasteiger partial charge in [0, 0.05) is 6.20 Å². The van der Waals surface area contributed by atoms with E-state index in [1.165, 1.54) is 0 Å². The maximum Gasteiger partial charge on any atom is 0.475 e. The molecule has 0 bridgehead atoms. The van der Waals surface area contributed by atoms with Crippen LogP contribution in [0.3, 0.4) is 0 Å². The van der Waals surface area contributed by atoms with Gasteiger partial charge in [0.15, 0.2) is 0 Å². The summed E-state index contributed by atoms with van der Waals surface area (Å²) in [4.78, 5) is 16.7. The molecule has 1 heterocycles. The second-order valence-electron chi connectivity index (χ2n) is 8.33. The molecule has 2 aromatic carbocycles. The molecule has 0 saturated heterocycles. The maximum absolute atomic E-state index is 12.3. The molecule has 186 valence electrons. The number of aromatic nitrogens is 1. The van der Waals surface area contributed by atoms with E-state index in [4.69, 9.17) is 9.47 Å². The first-order valence-corrected chi connectivity index (χ1v) is 11.8. The third kappa shape index (κ3) is 8.12. The number of methoxy groups -OCH3 is 1. The van der Waals surface area contributed by atoms with Crippen molar-refractivity contribution in [2.24, 2.45) is 0 Å². The van der Waals surface area contributed by atoms with Crippen LogP contribution in [-0.2, 0) is 17.6 Å². The lowest BCUT2D eigenvalue weighted by Crippen LogP contribution is -2.48. The Bertz CT molecular complexity index is 1150. The molecule has 3 aromatic rings. The number of nitrogens with zero attached hydrogens (tertiary/aromatic N) is 2. The van der Waals surface area contributed by atoms with Crippen LogP contribution in [0.5, 0.6) is 11.5 Å². The summed E-state index contributed by atoms with van der Waals surface area (Å²) in [6.45, 7) is 0.140. The average Bonchev–Trinajstić information content (AvgIpc) is 2.89. The molecule has 0 radical (unpaired) electrons. The Labute approximate surface area is 211 Å². The monoisotopic (exact) mass is 487 g/mol. The predicted molar refractivity (Wildman–Crippen MR) is 136 cm³/mol. The van der Waals surface area contributed by atoms with Crippen molar-refractivity contribution in [1.29, 1.82) is 5.26 Å². The van der Waals surface area contributed by atoms with Crippen molar-refractivity contribution < 1.29 is 24.3 Å². The summed E-state index contributed by atoms with van der Waals surface area (Å²) in [5.41, 5.74) is 2.52. The van der Waals surface area contributed by atoms with Crippen LogP contribution in [0.4, 0.5) is 0 Å². The number of nitrogens with one attached hydrogen (secondary N) is 1. The number of pyridine rings is 1. The highest BCUT2D eigenvalue weighted by molar-refractivity contribution is 6.43. The molecular weight excluding hydrogens is 457 g/mol. The summed E-state index contributed by atoms with van der Waals surface area (Å²) in [7, 11) is -0.110. The molecule has 1 aromatic heterocycles. The number of amides is 1. The average molecular weight is 487 g/mol. The van der Waals surface area contributed by atoms with Crippen LogP contribution in [0.25, 0.3) is 0 Å². The summed E-state index contributed by atoms with van der Waals surface area (Å²) in [5.74, 6) is -0.332. The van der Waals surface area contributed by atoms with Crippen LogP contribution in [0, 0.1) is 11.3 Å².